The largest absolute Gasteiger partial charge is 0.508 e. The number of hydrogen-bond acceptors (Lipinski definition) is 5. The monoisotopic (exact) mass is 370 g/mol. The fourth-order valence-corrected chi connectivity index (χ4v) is 6.05. The lowest BCUT2D eigenvalue weighted by atomic mass is 9.72. The van der Waals surface area contributed by atoms with Crippen LogP contribution < -0.4 is 5.06 Å². The average molecular weight is 370 g/mol. The predicted molar refractivity (Wildman–Crippen MR) is 100 cm³/mol. The number of hydroxylamine groups is 1. The van der Waals surface area contributed by atoms with Gasteiger partial charge in [-0.15, -0.1) is 0 Å². The summed E-state index contributed by atoms with van der Waals surface area (Å²) in [5.41, 5.74) is 2.26. The van der Waals surface area contributed by atoms with Crippen LogP contribution in [-0.2, 0) is 19.8 Å². The molecule has 1 aliphatic carbocycles. The third kappa shape index (κ3) is 2.09. The van der Waals surface area contributed by atoms with Crippen LogP contribution in [0.2, 0.25) is 0 Å². The third-order valence-corrected chi connectivity index (χ3v) is 7.32. The molecular formula is C21H26N2O4. The highest BCUT2D eigenvalue weighted by Crippen LogP contribution is 2.57. The maximum absolute atomic E-state index is 13.7. The van der Waals surface area contributed by atoms with Crippen LogP contribution >= 0.6 is 0 Å². The smallest absolute Gasteiger partial charge is 0.264 e. The summed E-state index contributed by atoms with van der Waals surface area (Å²) >= 11 is 0. The van der Waals surface area contributed by atoms with Crippen LogP contribution in [0.25, 0.3) is 0 Å². The quantitative estimate of drug-likeness (QED) is 0.768. The molecule has 4 bridgehead atoms. The zero-order valence-electron chi connectivity index (χ0n) is 16.0. The van der Waals surface area contributed by atoms with Gasteiger partial charge >= 0.3 is 0 Å². The molecule has 1 aromatic carbocycles. The minimum atomic E-state index is -0.759. The van der Waals surface area contributed by atoms with Crippen molar-refractivity contribution in [1.82, 2.24) is 4.90 Å². The van der Waals surface area contributed by atoms with Crippen molar-refractivity contribution in [2.24, 2.45) is 11.8 Å². The molecule has 3 saturated heterocycles. The standard InChI is InChI=1S/C21H26N2O4/c1-4-12-10-22(2)18-9-21(19-8-14(12)15(18)11-27-19)16-6-5-13(24)7-17(16)23(26-3)20(21)25/h4-7,14-15,18-19,24H,8-11H2,1-3H3/b12-4+/t14-,15-,18+,19-,21+/m1/s1. The van der Waals surface area contributed by atoms with Gasteiger partial charge in [0, 0.05) is 24.6 Å². The second kappa shape index (κ2) is 5.80. The van der Waals surface area contributed by atoms with E-state index < -0.39 is 5.41 Å². The Bertz CT molecular complexity index is 837. The molecule has 4 aliphatic heterocycles. The van der Waals surface area contributed by atoms with E-state index in [-0.39, 0.29) is 23.8 Å². The highest BCUT2D eigenvalue weighted by molar-refractivity contribution is 6.07. The van der Waals surface area contributed by atoms with E-state index in [0.29, 0.717) is 24.1 Å². The summed E-state index contributed by atoms with van der Waals surface area (Å²) in [5, 5.41) is 11.3. The topological polar surface area (TPSA) is 62.2 Å². The number of rotatable bonds is 1. The van der Waals surface area contributed by atoms with Gasteiger partial charge in [0.25, 0.3) is 5.91 Å². The van der Waals surface area contributed by atoms with Crippen molar-refractivity contribution < 1.29 is 19.5 Å². The normalized spacial score (nSPS) is 39.3. The van der Waals surface area contributed by atoms with E-state index in [9.17, 15) is 9.90 Å². The van der Waals surface area contributed by atoms with Crippen molar-refractivity contribution >= 4 is 11.6 Å². The third-order valence-electron chi connectivity index (χ3n) is 7.32. The SMILES string of the molecule is C/C=C1\CN(C)[C@H]2C[C@@]3(C(=O)N(OC)c4cc(O)ccc43)[C@H]3C[C@H]1[C@H]2CO3. The number of benzene rings is 1. The number of allylic oxidation sites excluding steroid dienone is 1. The number of aromatic hydroxyl groups is 1. The molecule has 1 saturated carbocycles. The van der Waals surface area contributed by atoms with E-state index >= 15 is 0 Å². The van der Waals surface area contributed by atoms with E-state index in [1.165, 1.54) is 17.7 Å². The number of phenols is 1. The average Bonchev–Trinajstić information content (AvgIpc) is 2.78. The van der Waals surface area contributed by atoms with Crippen LogP contribution in [0.3, 0.4) is 0 Å². The van der Waals surface area contributed by atoms with Crippen LogP contribution in [0.4, 0.5) is 5.69 Å². The number of ether oxygens (including phenoxy) is 1. The van der Waals surface area contributed by atoms with E-state index in [2.05, 4.69) is 24.9 Å². The Balaban J connectivity index is 1.70. The Morgan fingerprint density at radius 1 is 1.41 bits per heavy atom. The molecule has 5 atom stereocenters. The molecule has 5 aliphatic rings. The number of nitrogens with zero attached hydrogens (tertiary/aromatic N) is 2. The molecule has 144 valence electrons. The maximum atomic E-state index is 13.7. The molecule has 6 nitrogen and oxygen atoms in total. The Morgan fingerprint density at radius 3 is 2.96 bits per heavy atom. The number of likely N-dealkylation sites (N-methyl/N-ethyl adjacent to an activating group) is 1. The molecule has 4 fully saturated rings. The number of hydrogen-bond donors (Lipinski definition) is 1. The fourth-order valence-electron chi connectivity index (χ4n) is 6.05. The second-order valence-corrected chi connectivity index (χ2v) is 8.33. The predicted octanol–water partition coefficient (Wildman–Crippen LogP) is 2.22. The van der Waals surface area contributed by atoms with Crippen LogP contribution in [0.1, 0.15) is 25.3 Å². The Hall–Kier alpha value is -1.89. The summed E-state index contributed by atoms with van der Waals surface area (Å²) in [4.78, 5) is 21.5. The number of carbonyl (C=O) groups excluding carboxylic acids is 1. The minimum absolute atomic E-state index is 0.0702. The molecule has 6 heteroatoms. The first-order valence-electron chi connectivity index (χ1n) is 9.70. The van der Waals surface area contributed by atoms with Crippen LogP contribution in [0, 0.1) is 11.8 Å². The van der Waals surface area contributed by atoms with Gasteiger partial charge < -0.3 is 9.84 Å². The van der Waals surface area contributed by atoms with Crippen LogP contribution in [0.15, 0.2) is 29.8 Å². The first kappa shape index (κ1) is 17.2. The van der Waals surface area contributed by atoms with Gasteiger partial charge in [0.2, 0.25) is 0 Å². The van der Waals surface area contributed by atoms with Gasteiger partial charge in [0.05, 0.1) is 25.5 Å². The molecule has 4 heterocycles. The Kier molecular flexibility index (Phi) is 3.70. The van der Waals surface area contributed by atoms with Gasteiger partial charge in [-0.05, 0) is 44.4 Å². The highest BCUT2D eigenvalue weighted by atomic mass is 16.7. The summed E-state index contributed by atoms with van der Waals surface area (Å²) < 4.78 is 6.35. The van der Waals surface area contributed by atoms with Gasteiger partial charge in [-0.2, -0.15) is 5.06 Å². The second-order valence-electron chi connectivity index (χ2n) is 8.33. The van der Waals surface area contributed by atoms with Gasteiger partial charge in [-0.25, -0.2) is 0 Å². The van der Waals surface area contributed by atoms with Crippen molar-refractivity contribution in [3.05, 3.63) is 35.4 Å². The van der Waals surface area contributed by atoms with Crippen molar-refractivity contribution in [2.75, 3.05) is 32.4 Å². The number of fused-ring (bicyclic) bond motifs is 2. The molecule has 1 N–H and O–H groups in total. The van der Waals surface area contributed by atoms with Crippen LogP contribution in [0.5, 0.6) is 5.75 Å². The fraction of sp³-hybridized carbons (Fsp3) is 0.571. The lowest BCUT2D eigenvalue weighted by Gasteiger charge is -2.46. The van der Waals surface area contributed by atoms with Gasteiger partial charge in [-0.3, -0.25) is 14.5 Å². The van der Waals surface area contributed by atoms with Gasteiger partial charge in [0.1, 0.15) is 11.2 Å². The van der Waals surface area contributed by atoms with E-state index in [0.717, 1.165) is 24.9 Å². The van der Waals surface area contributed by atoms with Gasteiger partial charge in [0.15, 0.2) is 0 Å². The summed E-state index contributed by atoms with van der Waals surface area (Å²) in [6.07, 6.45) is 3.65. The first-order chi connectivity index (χ1) is 13.0. The number of likely N-dealkylation sites (tertiary alicyclic amines) is 1. The first-order valence-corrected chi connectivity index (χ1v) is 9.70. The summed E-state index contributed by atoms with van der Waals surface area (Å²) in [6, 6.07) is 5.45. The molecular weight excluding hydrogens is 344 g/mol. The lowest BCUT2D eigenvalue weighted by Crippen LogP contribution is -2.50. The highest BCUT2D eigenvalue weighted by Gasteiger charge is 2.64. The molecule has 1 aromatic rings. The van der Waals surface area contributed by atoms with Crippen molar-refractivity contribution in [1.29, 1.82) is 0 Å². The van der Waals surface area contributed by atoms with Gasteiger partial charge in [-0.1, -0.05) is 17.7 Å². The molecule has 1 spiro atoms. The number of piperidine rings is 1. The number of phenolic OH excluding ortho intramolecular Hbond substituents is 1. The molecule has 27 heavy (non-hydrogen) atoms. The van der Waals surface area contributed by atoms with Crippen molar-refractivity contribution in [3.63, 3.8) is 0 Å². The van der Waals surface area contributed by atoms with Crippen molar-refractivity contribution in [2.45, 2.75) is 37.3 Å². The zero-order chi connectivity index (χ0) is 18.9. The van der Waals surface area contributed by atoms with E-state index in [1.807, 2.05) is 6.07 Å². The van der Waals surface area contributed by atoms with Crippen molar-refractivity contribution in [3.8, 4) is 5.75 Å². The summed E-state index contributed by atoms with van der Waals surface area (Å²) in [6.45, 7) is 3.76. The number of carbonyl (C=O) groups is 1. The molecule has 0 radical (unpaired) electrons. The number of anilines is 1. The zero-order valence-corrected chi connectivity index (χ0v) is 16.0. The summed E-state index contributed by atoms with van der Waals surface area (Å²) in [7, 11) is 3.66. The maximum Gasteiger partial charge on any atom is 0.264 e. The van der Waals surface area contributed by atoms with Crippen LogP contribution in [-0.4, -0.2) is 55.4 Å². The Morgan fingerprint density at radius 2 is 2.22 bits per heavy atom. The number of amides is 1. The Labute approximate surface area is 159 Å². The molecule has 1 amide bonds. The minimum Gasteiger partial charge on any atom is -0.508 e. The van der Waals surface area contributed by atoms with E-state index in [1.54, 1.807) is 12.1 Å². The van der Waals surface area contributed by atoms with E-state index in [4.69, 9.17) is 9.57 Å². The summed E-state index contributed by atoms with van der Waals surface area (Å²) in [5.74, 6) is 0.945. The molecule has 0 unspecified atom stereocenters. The molecule has 0 aromatic heterocycles. The lowest BCUT2D eigenvalue weighted by molar-refractivity contribution is -0.137. The molecule has 6 rings (SSSR count).